The van der Waals surface area contributed by atoms with Crippen LogP contribution in [0.3, 0.4) is 0 Å². The average Bonchev–Trinajstić information content (AvgIpc) is 2.08. The van der Waals surface area contributed by atoms with Crippen LogP contribution >= 0.6 is 0 Å². The first-order valence-corrected chi connectivity index (χ1v) is 7.42. The van der Waals surface area contributed by atoms with Crippen molar-refractivity contribution in [3.8, 4) is 0 Å². The van der Waals surface area contributed by atoms with Gasteiger partial charge >= 0.3 is 88.3 Å². The molecule has 0 bridgehead atoms. The van der Waals surface area contributed by atoms with Crippen molar-refractivity contribution < 1.29 is 33.5 Å². The molecular formula is C8H15F2INO-. The molecular weight excluding hydrogens is 291 g/mol. The van der Waals surface area contributed by atoms with Gasteiger partial charge in [0.15, 0.2) is 0 Å². The van der Waals surface area contributed by atoms with Crippen molar-refractivity contribution in [2.75, 3.05) is 24.6 Å². The maximum atomic E-state index is 12.0. The molecule has 0 aromatic carbocycles. The Labute approximate surface area is 88.4 Å². The van der Waals surface area contributed by atoms with E-state index >= 15 is 0 Å². The molecule has 0 unspecified atom stereocenters. The third-order valence-electron chi connectivity index (χ3n) is 2.15. The molecule has 2 nitrogen and oxygen atoms in total. The van der Waals surface area contributed by atoms with Crippen LogP contribution in [0.25, 0.3) is 0 Å². The van der Waals surface area contributed by atoms with E-state index in [2.05, 4.69) is 4.93 Å². The van der Waals surface area contributed by atoms with Crippen LogP contribution in [0.4, 0.5) is 8.78 Å². The third-order valence-corrected chi connectivity index (χ3v) is 3.37. The summed E-state index contributed by atoms with van der Waals surface area (Å²) in [6.45, 7) is 1.45. The Balaban J connectivity index is 2.15. The van der Waals surface area contributed by atoms with E-state index in [-0.39, 0.29) is 28.2 Å². The molecule has 1 fully saturated rings. The quantitative estimate of drug-likeness (QED) is 0.457. The summed E-state index contributed by atoms with van der Waals surface area (Å²) in [5.74, 6) is 0. The number of nitrogens with zero attached hydrogens (tertiary/aromatic N) is 1. The summed E-state index contributed by atoms with van der Waals surface area (Å²) in [6, 6.07) is 0. The second kappa shape index (κ2) is 6.08. The molecule has 0 spiro atoms. The number of likely N-dealkylation sites (tertiary alicyclic amines) is 1. The Morgan fingerprint density at radius 2 is 2.08 bits per heavy atom. The van der Waals surface area contributed by atoms with Crippen molar-refractivity contribution in [2.24, 2.45) is 0 Å². The summed E-state index contributed by atoms with van der Waals surface area (Å²) < 4.78 is 29.5. The molecule has 5 heteroatoms. The van der Waals surface area contributed by atoms with Crippen molar-refractivity contribution in [3.05, 3.63) is 0 Å². The zero-order chi connectivity index (χ0) is 9.68. The molecule has 1 aliphatic heterocycles. The molecule has 0 aliphatic carbocycles. The summed E-state index contributed by atoms with van der Waals surface area (Å²) in [4.78, 5) is 3.89. The number of rotatable bonds is 4. The van der Waals surface area contributed by atoms with Crippen molar-refractivity contribution in [1.82, 2.24) is 4.90 Å². The van der Waals surface area contributed by atoms with Crippen LogP contribution < -0.4 is 21.6 Å². The second-order valence-corrected chi connectivity index (χ2v) is 4.52. The summed E-state index contributed by atoms with van der Waals surface area (Å²) in [5, 5.41) is 0. The Morgan fingerprint density at radius 3 is 2.54 bits per heavy atom. The first-order valence-electron chi connectivity index (χ1n) is 4.38. The number of piperidine rings is 1. The molecule has 1 heterocycles. The van der Waals surface area contributed by atoms with Gasteiger partial charge in [-0.05, 0) is 0 Å². The van der Waals surface area contributed by atoms with Crippen LogP contribution in [0.2, 0.25) is 0 Å². The fourth-order valence-electron chi connectivity index (χ4n) is 1.50. The zero-order valence-electron chi connectivity index (χ0n) is 7.68. The molecule has 0 atom stereocenters. The Bertz CT molecular complexity index is 140. The number of hydrogen-bond acceptors (Lipinski definition) is 2. The maximum absolute atomic E-state index is 12.0. The fourth-order valence-corrected chi connectivity index (χ4v) is 2.73. The molecule has 13 heavy (non-hydrogen) atoms. The standard InChI is InChI=1S/C8H15F2INO/c1-11-13-7-2-4-12(5-3-7)6-8(9)10/h7-8H,2-6H2,1H3/q-1. The minimum absolute atomic E-state index is 0.0755. The molecule has 1 rings (SSSR count). The molecule has 0 saturated carbocycles. The monoisotopic (exact) mass is 306 g/mol. The van der Waals surface area contributed by atoms with Crippen molar-refractivity contribution in [3.63, 3.8) is 0 Å². The minimum atomic E-state index is -2.20. The van der Waals surface area contributed by atoms with E-state index in [9.17, 15) is 8.78 Å². The van der Waals surface area contributed by atoms with Crippen LogP contribution in [0, 0.1) is 0 Å². The predicted octanol–water partition coefficient (Wildman–Crippen LogP) is -1.63. The number of halogens is 3. The molecule has 0 aromatic rings. The van der Waals surface area contributed by atoms with Gasteiger partial charge in [0.25, 0.3) is 0 Å². The van der Waals surface area contributed by atoms with Gasteiger partial charge in [-0.1, -0.05) is 0 Å². The van der Waals surface area contributed by atoms with E-state index in [0.717, 1.165) is 25.9 Å². The van der Waals surface area contributed by atoms with E-state index in [0.29, 0.717) is 6.10 Å². The van der Waals surface area contributed by atoms with Crippen LogP contribution in [0.15, 0.2) is 0 Å². The predicted molar refractivity (Wildman–Crippen MR) is 42.5 cm³/mol. The summed E-state index contributed by atoms with van der Waals surface area (Å²) in [7, 11) is 0. The third kappa shape index (κ3) is 4.51. The zero-order valence-corrected chi connectivity index (χ0v) is 9.84. The Hall–Kier alpha value is 0.510. The van der Waals surface area contributed by atoms with Gasteiger partial charge in [0.2, 0.25) is 0 Å². The summed E-state index contributed by atoms with van der Waals surface area (Å²) in [5.41, 5.74) is 0. The first-order chi connectivity index (χ1) is 6.22. The summed E-state index contributed by atoms with van der Waals surface area (Å²) >= 11 is -0.116. The average molecular weight is 306 g/mol. The van der Waals surface area contributed by atoms with Crippen molar-refractivity contribution in [2.45, 2.75) is 25.4 Å². The van der Waals surface area contributed by atoms with Gasteiger partial charge < -0.3 is 0 Å². The molecule has 0 amide bonds. The van der Waals surface area contributed by atoms with E-state index in [4.69, 9.17) is 3.07 Å². The molecule has 0 radical (unpaired) electrons. The van der Waals surface area contributed by atoms with Crippen LogP contribution in [0.5, 0.6) is 0 Å². The molecule has 1 saturated heterocycles. The number of alkyl halides is 3. The molecule has 0 N–H and O–H groups in total. The fraction of sp³-hybridized carbons (Fsp3) is 1.00. The van der Waals surface area contributed by atoms with Crippen LogP contribution in [0.1, 0.15) is 12.8 Å². The van der Waals surface area contributed by atoms with Gasteiger partial charge in [-0.2, -0.15) is 0 Å². The van der Waals surface area contributed by atoms with E-state index in [1.165, 1.54) is 0 Å². The second-order valence-electron chi connectivity index (χ2n) is 3.13. The summed E-state index contributed by atoms with van der Waals surface area (Å²) in [6.07, 6.45) is -0.0246. The Morgan fingerprint density at radius 1 is 1.46 bits per heavy atom. The normalized spacial score (nSPS) is 21.5. The van der Waals surface area contributed by atoms with Gasteiger partial charge in [-0.3, -0.25) is 0 Å². The van der Waals surface area contributed by atoms with Gasteiger partial charge in [0.05, 0.1) is 0 Å². The van der Waals surface area contributed by atoms with Crippen LogP contribution in [-0.2, 0) is 3.07 Å². The van der Waals surface area contributed by atoms with Crippen LogP contribution in [-0.4, -0.2) is 42.0 Å². The Kier molecular flexibility index (Phi) is 5.42. The topological polar surface area (TPSA) is 12.5 Å². The first kappa shape index (κ1) is 11.6. The van der Waals surface area contributed by atoms with Crippen molar-refractivity contribution in [1.29, 1.82) is 0 Å². The van der Waals surface area contributed by atoms with Gasteiger partial charge in [-0.25, -0.2) is 0 Å². The van der Waals surface area contributed by atoms with E-state index in [1.807, 2.05) is 4.90 Å². The molecule has 80 valence electrons. The van der Waals surface area contributed by atoms with E-state index in [1.54, 1.807) is 0 Å². The van der Waals surface area contributed by atoms with Gasteiger partial charge in [0.1, 0.15) is 0 Å². The van der Waals surface area contributed by atoms with Gasteiger partial charge in [-0.15, -0.1) is 0 Å². The molecule has 0 aromatic heterocycles. The number of hydrogen-bond donors (Lipinski definition) is 0. The van der Waals surface area contributed by atoms with Crippen molar-refractivity contribution >= 4 is 0 Å². The SMILES string of the molecule is C[I-]OC1CCN(CC(F)F)CC1. The van der Waals surface area contributed by atoms with E-state index < -0.39 is 6.43 Å². The van der Waals surface area contributed by atoms with Gasteiger partial charge in [0, 0.05) is 0 Å². The molecule has 1 aliphatic rings.